The standard InChI is InChI=1S/C11H9BrFN3O2/c12-9-10(17)15-5-16-11(9)18-8-2-1-6(4-14)3-7(8)13/h1-3,5H,4,14H2,(H,15,16,17). The Kier molecular flexibility index (Phi) is 3.73. The summed E-state index contributed by atoms with van der Waals surface area (Å²) < 4.78 is 19.0. The highest BCUT2D eigenvalue weighted by Gasteiger charge is 2.11. The molecule has 0 radical (unpaired) electrons. The van der Waals surface area contributed by atoms with E-state index in [1.54, 1.807) is 6.07 Å². The van der Waals surface area contributed by atoms with Gasteiger partial charge in [0, 0.05) is 6.54 Å². The van der Waals surface area contributed by atoms with Crippen molar-refractivity contribution in [2.75, 3.05) is 0 Å². The van der Waals surface area contributed by atoms with E-state index in [0.717, 1.165) is 0 Å². The SMILES string of the molecule is NCc1ccc(Oc2nc[nH]c(=O)c2Br)c(F)c1. The fourth-order valence-corrected chi connectivity index (χ4v) is 1.59. The molecule has 0 fully saturated rings. The molecule has 0 unspecified atom stereocenters. The second kappa shape index (κ2) is 5.28. The first-order valence-electron chi connectivity index (χ1n) is 5.01. The maximum Gasteiger partial charge on any atom is 0.268 e. The first-order valence-corrected chi connectivity index (χ1v) is 5.80. The van der Waals surface area contributed by atoms with Crippen LogP contribution in [0.5, 0.6) is 11.6 Å². The van der Waals surface area contributed by atoms with Gasteiger partial charge in [-0.15, -0.1) is 0 Å². The highest BCUT2D eigenvalue weighted by Crippen LogP contribution is 2.26. The fourth-order valence-electron chi connectivity index (χ4n) is 1.30. The number of nitrogens with one attached hydrogen (secondary N) is 1. The number of aromatic amines is 1. The number of benzene rings is 1. The van der Waals surface area contributed by atoms with Crippen LogP contribution in [-0.2, 0) is 6.54 Å². The molecular formula is C11H9BrFN3O2. The number of hydrogen-bond acceptors (Lipinski definition) is 4. The van der Waals surface area contributed by atoms with E-state index in [1.165, 1.54) is 18.5 Å². The molecule has 0 amide bonds. The zero-order chi connectivity index (χ0) is 13.1. The molecule has 0 spiro atoms. The summed E-state index contributed by atoms with van der Waals surface area (Å²) in [6.07, 6.45) is 1.18. The van der Waals surface area contributed by atoms with E-state index in [-0.39, 0.29) is 22.6 Å². The van der Waals surface area contributed by atoms with Crippen molar-refractivity contribution in [2.45, 2.75) is 6.54 Å². The Bertz CT molecular complexity index is 630. The molecule has 7 heteroatoms. The van der Waals surface area contributed by atoms with Crippen molar-refractivity contribution in [3.63, 3.8) is 0 Å². The second-order valence-corrected chi connectivity index (χ2v) is 4.21. The lowest BCUT2D eigenvalue weighted by Crippen LogP contribution is -2.08. The highest BCUT2D eigenvalue weighted by atomic mass is 79.9. The van der Waals surface area contributed by atoms with Crippen LogP contribution in [0.15, 0.2) is 33.8 Å². The minimum absolute atomic E-state index is 0.00171. The first-order chi connectivity index (χ1) is 8.61. The molecule has 1 aromatic carbocycles. The van der Waals surface area contributed by atoms with Gasteiger partial charge in [0.1, 0.15) is 4.47 Å². The van der Waals surface area contributed by atoms with E-state index < -0.39 is 11.4 Å². The second-order valence-electron chi connectivity index (χ2n) is 3.42. The third-order valence-electron chi connectivity index (χ3n) is 2.20. The summed E-state index contributed by atoms with van der Waals surface area (Å²) in [5.41, 5.74) is 5.64. The number of aromatic nitrogens is 2. The van der Waals surface area contributed by atoms with Gasteiger partial charge in [-0.05, 0) is 33.6 Å². The summed E-state index contributed by atoms with van der Waals surface area (Å²) in [6, 6.07) is 4.35. The Morgan fingerprint density at radius 2 is 2.28 bits per heavy atom. The van der Waals surface area contributed by atoms with Gasteiger partial charge in [0.05, 0.1) is 6.33 Å². The van der Waals surface area contributed by atoms with E-state index in [0.29, 0.717) is 5.56 Å². The molecule has 1 aromatic heterocycles. The largest absolute Gasteiger partial charge is 0.435 e. The van der Waals surface area contributed by atoms with Gasteiger partial charge in [-0.1, -0.05) is 6.07 Å². The van der Waals surface area contributed by atoms with Crippen molar-refractivity contribution in [1.82, 2.24) is 9.97 Å². The number of ether oxygens (including phenoxy) is 1. The molecule has 1 heterocycles. The molecule has 94 valence electrons. The van der Waals surface area contributed by atoms with Crippen LogP contribution in [0.2, 0.25) is 0 Å². The summed E-state index contributed by atoms with van der Waals surface area (Å²) >= 11 is 3.02. The predicted molar refractivity (Wildman–Crippen MR) is 66.9 cm³/mol. The Labute approximate surface area is 110 Å². The molecule has 0 saturated heterocycles. The monoisotopic (exact) mass is 313 g/mol. The summed E-state index contributed by atoms with van der Waals surface area (Å²) in [4.78, 5) is 17.4. The average molecular weight is 314 g/mol. The molecule has 3 N–H and O–H groups in total. The molecule has 2 aromatic rings. The van der Waals surface area contributed by atoms with Crippen LogP contribution in [-0.4, -0.2) is 9.97 Å². The maximum absolute atomic E-state index is 13.6. The van der Waals surface area contributed by atoms with Gasteiger partial charge in [-0.25, -0.2) is 9.37 Å². The quantitative estimate of drug-likeness (QED) is 0.907. The Balaban J connectivity index is 2.34. The van der Waals surface area contributed by atoms with Crippen molar-refractivity contribution < 1.29 is 9.13 Å². The average Bonchev–Trinajstić information content (AvgIpc) is 2.37. The molecule has 0 atom stereocenters. The van der Waals surface area contributed by atoms with Crippen molar-refractivity contribution >= 4 is 15.9 Å². The van der Waals surface area contributed by atoms with Gasteiger partial charge in [0.2, 0.25) is 5.88 Å². The minimum Gasteiger partial charge on any atom is -0.435 e. The summed E-state index contributed by atoms with van der Waals surface area (Å²) in [5.74, 6) is -0.587. The third kappa shape index (κ3) is 2.57. The lowest BCUT2D eigenvalue weighted by atomic mass is 10.2. The van der Waals surface area contributed by atoms with Gasteiger partial charge in [-0.2, -0.15) is 0 Å². The topological polar surface area (TPSA) is 81.0 Å². The molecule has 0 aliphatic carbocycles. The third-order valence-corrected chi connectivity index (χ3v) is 2.90. The van der Waals surface area contributed by atoms with Crippen molar-refractivity contribution in [3.8, 4) is 11.6 Å². The Morgan fingerprint density at radius 1 is 1.50 bits per heavy atom. The molecule has 0 aliphatic rings. The summed E-state index contributed by atoms with van der Waals surface area (Å²) in [5, 5.41) is 0. The summed E-state index contributed by atoms with van der Waals surface area (Å²) in [7, 11) is 0. The van der Waals surface area contributed by atoms with Crippen LogP contribution < -0.4 is 16.0 Å². The van der Waals surface area contributed by atoms with Crippen molar-refractivity contribution in [3.05, 3.63) is 50.7 Å². The maximum atomic E-state index is 13.6. The number of nitrogens with zero attached hydrogens (tertiary/aromatic N) is 1. The van der Waals surface area contributed by atoms with Crippen molar-refractivity contribution in [1.29, 1.82) is 0 Å². The zero-order valence-corrected chi connectivity index (χ0v) is 10.7. The van der Waals surface area contributed by atoms with E-state index >= 15 is 0 Å². The van der Waals surface area contributed by atoms with E-state index in [1.807, 2.05) is 0 Å². The normalized spacial score (nSPS) is 10.4. The van der Waals surface area contributed by atoms with Gasteiger partial charge in [0.15, 0.2) is 11.6 Å². The number of H-pyrrole nitrogens is 1. The van der Waals surface area contributed by atoms with Crippen molar-refractivity contribution in [2.24, 2.45) is 5.73 Å². The Morgan fingerprint density at radius 3 is 2.94 bits per heavy atom. The number of hydrogen-bond donors (Lipinski definition) is 2. The fraction of sp³-hybridized carbons (Fsp3) is 0.0909. The number of nitrogens with two attached hydrogens (primary N) is 1. The molecule has 18 heavy (non-hydrogen) atoms. The molecule has 0 bridgehead atoms. The van der Waals surface area contributed by atoms with Gasteiger partial charge >= 0.3 is 0 Å². The van der Waals surface area contributed by atoms with Gasteiger partial charge < -0.3 is 15.5 Å². The van der Waals surface area contributed by atoms with Crippen LogP contribution in [0.4, 0.5) is 4.39 Å². The minimum atomic E-state index is -0.563. The number of halogens is 2. The van der Waals surface area contributed by atoms with Crippen LogP contribution in [0.3, 0.4) is 0 Å². The smallest absolute Gasteiger partial charge is 0.268 e. The van der Waals surface area contributed by atoms with E-state index in [2.05, 4.69) is 25.9 Å². The van der Waals surface area contributed by atoms with E-state index in [9.17, 15) is 9.18 Å². The molecule has 0 saturated carbocycles. The molecule has 5 nitrogen and oxygen atoms in total. The van der Waals surface area contributed by atoms with Gasteiger partial charge in [0.25, 0.3) is 5.56 Å². The van der Waals surface area contributed by atoms with E-state index in [4.69, 9.17) is 10.5 Å². The number of rotatable bonds is 3. The lowest BCUT2D eigenvalue weighted by Gasteiger charge is -2.07. The highest BCUT2D eigenvalue weighted by molar-refractivity contribution is 9.10. The predicted octanol–water partition coefficient (Wildman–Crippen LogP) is 1.92. The summed E-state index contributed by atoms with van der Waals surface area (Å²) in [6.45, 7) is 0.240. The lowest BCUT2D eigenvalue weighted by molar-refractivity contribution is 0.422. The Hall–Kier alpha value is -1.73. The zero-order valence-electron chi connectivity index (χ0n) is 9.11. The van der Waals surface area contributed by atoms with Gasteiger partial charge in [-0.3, -0.25) is 4.79 Å². The molecular weight excluding hydrogens is 305 g/mol. The molecule has 2 rings (SSSR count). The molecule has 0 aliphatic heterocycles. The van der Waals surface area contributed by atoms with Crippen LogP contribution in [0.25, 0.3) is 0 Å². The van der Waals surface area contributed by atoms with Crippen LogP contribution >= 0.6 is 15.9 Å². The van der Waals surface area contributed by atoms with Crippen LogP contribution in [0, 0.1) is 5.82 Å². The first kappa shape index (κ1) is 12.7. The van der Waals surface area contributed by atoms with Crippen LogP contribution in [0.1, 0.15) is 5.56 Å².